The maximum absolute atomic E-state index is 12.7. The molecule has 1 aromatic carbocycles. The normalized spacial score (nSPS) is 17.9. The van der Waals surface area contributed by atoms with Crippen molar-refractivity contribution in [3.63, 3.8) is 0 Å². The molecule has 1 aliphatic heterocycles. The third-order valence-electron chi connectivity index (χ3n) is 3.96. The lowest BCUT2D eigenvalue weighted by atomic mass is 10.0. The Kier molecular flexibility index (Phi) is 5.34. The van der Waals surface area contributed by atoms with Gasteiger partial charge in [0.05, 0.1) is 4.91 Å². The van der Waals surface area contributed by atoms with Gasteiger partial charge in [0, 0.05) is 12.7 Å². The summed E-state index contributed by atoms with van der Waals surface area (Å²) in [6, 6.07) is 13.9. The zero-order valence-electron chi connectivity index (χ0n) is 14.6. The summed E-state index contributed by atoms with van der Waals surface area (Å²) in [6.07, 6.45) is 3.63. The predicted molar refractivity (Wildman–Crippen MR) is 105 cm³/mol. The van der Waals surface area contributed by atoms with Gasteiger partial charge in [-0.05, 0) is 53.9 Å². The molecule has 1 saturated heterocycles. The van der Waals surface area contributed by atoms with Crippen molar-refractivity contribution in [2.24, 2.45) is 4.99 Å². The highest BCUT2D eigenvalue weighted by atomic mass is 32.2. The summed E-state index contributed by atoms with van der Waals surface area (Å²) in [5.41, 5.74) is 2.32. The number of aromatic nitrogens is 1. The molecule has 1 aromatic heterocycles. The molecular weight excluding hydrogens is 330 g/mol. The number of carbonyl (C=O) groups excluding carboxylic acids is 1. The third-order valence-corrected chi connectivity index (χ3v) is 4.97. The van der Waals surface area contributed by atoms with E-state index >= 15 is 0 Å². The lowest BCUT2D eigenvalue weighted by Crippen LogP contribution is -2.28. The molecule has 5 heteroatoms. The van der Waals surface area contributed by atoms with Crippen LogP contribution in [0.1, 0.15) is 37.8 Å². The SMILES string of the molecule is CCN1C(=O)/C(=C/c2ccc(C(C)C)cc2)S/C1=N/c1ccccn1. The molecule has 0 unspecified atom stereocenters. The molecule has 1 amide bonds. The quantitative estimate of drug-likeness (QED) is 0.741. The van der Waals surface area contributed by atoms with Crippen molar-refractivity contribution in [3.8, 4) is 0 Å². The van der Waals surface area contributed by atoms with Gasteiger partial charge in [-0.25, -0.2) is 9.98 Å². The number of nitrogens with zero attached hydrogens (tertiary/aromatic N) is 3. The number of amides is 1. The van der Waals surface area contributed by atoms with Crippen molar-refractivity contribution in [3.05, 3.63) is 64.7 Å². The Labute approximate surface area is 152 Å². The van der Waals surface area contributed by atoms with Gasteiger partial charge in [-0.1, -0.05) is 44.2 Å². The molecule has 25 heavy (non-hydrogen) atoms. The summed E-state index contributed by atoms with van der Waals surface area (Å²) in [5.74, 6) is 1.10. The zero-order chi connectivity index (χ0) is 17.8. The molecule has 0 aliphatic carbocycles. The van der Waals surface area contributed by atoms with E-state index in [1.807, 2.05) is 31.2 Å². The van der Waals surface area contributed by atoms with Crippen LogP contribution in [0.25, 0.3) is 6.08 Å². The zero-order valence-corrected chi connectivity index (χ0v) is 15.5. The van der Waals surface area contributed by atoms with Gasteiger partial charge < -0.3 is 0 Å². The van der Waals surface area contributed by atoms with Crippen LogP contribution >= 0.6 is 11.8 Å². The molecule has 1 fully saturated rings. The molecular formula is C20H21N3OS. The predicted octanol–water partition coefficient (Wildman–Crippen LogP) is 4.83. The van der Waals surface area contributed by atoms with Crippen LogP contribution in [0.15, 0.2) is 58.6 Å². The topological polar surface area (TPSA) is 45.6 Å². The van der Waals surface area contributed by atoms with E-state index in [-0.39, 0.29) is 5.91 Å². The number of carbonyl (C=O) groups is 1. The van der Waals surface area contributed by atoms with Gasteiger partial charge >= 0.3 is 0 Å². The molecule has 3 rings (SSSR count). The Balaban J connectivity index is 1.88. The van der Waals surface area contributed by atoms with E-state index in [0.717, 1.165) is 5.56 Å². The second-order valence-corrected chi connectivity index (χ2v) is 7.07. The average Bonchev–Trinajstić information content (AvgIpc) is 2.91. The first-order chi connectivity index (χ1) is 12.1. The molecule has 2 aromatic rings. The largest absolute Gasteiger partial charge is 0.287 e. The number of hydrogen-bond acceptors (Lipinski definition) is 4. The highest BCUT2D eigenvalue weighted by Crippen LogP contribution is 2.33. The minimum atomic E-state index is -0.00452. The Morgan fingerprint density at radius 1 is 1.20 bits per heavy atom. The van der Waals surface area contributed by atoms with Crippen molar-refractivity contribution in [1.29, 1.82) is 0 Å². The molecule has 0 N–H and O–H groups in total. The molecule has 0 spiro atoms. The van der Waals surface area contributed by atoms with E-state index in [1.165, 1.54) is 17.3 Å². The van der Waals surface area contributed by atoms with Crippen molar-refractivity contribution >= 4 is 34.7 Å². The average molecular weight is 351 g/mol. The van der Waals surface area contributed by atoms with Gasteiger partial charge in [-0.15, -0.1) is 0 Å². The van der Waals surface area contributed by atoms with Crippen LogP contribution in [0.3, 0.4) is 0 Å². The first kappa shape index (κ1) is 17.4. The minimum Gasteiger partial charge on any atom is -0.287 e. The monoisotopic (exact) mass is 351 g/mol. The van der Waals surface area contributed by atoms with Crippen LogP contribution in [0.5, 0.6) is 0 Å². The maximum atomic E-state index is 12.7. The van der Waals surface area contributed by atoms with E-state index in [4.69, 9.17) is 0 Å². The number of likely N-dealkylation sites (N-methyl/N-ethyl adjacent to an activating group) is 1. The summed E-state index contributed by atoms with van der Waals surface area (Å²) < 4.78 is 0. The fraction of sp³-hybridized carbons (Fsp3) is 0.250. The smallest absolute Gasteiger partial charge is 0.266 e. The number of amidine groups is 1. The summed E-state index contributed by atoms with van der Waals surface area (Å²) in [5, 5.41) is 0.677. The van der Waals surface area contributed by atoms with Gasteiger partial charge in [0.25, 0.3) is 5.91 Å². The first-order valence-corrected chi connectivity index (χ1v) is 9.21. The highest BCUT2D eigenvalue weighted by Gasteiger charge is 2.32. The number of pyridine rings is 1. The lowest BCUT2D eigenvalue weighted by Gasteiger charge is -2.11. The molecule has 2 heterocycles. The van der Waals surface area contributed by atoms with Crippen LogP contribution in [-0.4, -0.2) is 27.5 Å². The van der Waals surface area contributed by atoms with Gasteiger partial charge in [0.2, 0.25) is 0 Å². The van der Waals surface area contributed by atoms with Crippen LogP contribution in [0, 0.1) is 0 Å². The number of aliphatic imine (C=N–C) groups is 1. The Bertz CT molecular complexity index is 811. The minimum absolute atomic E-state index is 0.00452. The molecule has 128 valence electrons. The van der Waals surface area contributed by atoms with E-state index in [0.29, 0.717) is 28.4 Å². The fourth-order valence-electron chi connectivity index (χ4n) is 2.52. The van der Waals surface area contributed by atoms with Crippen molar-refractivity contribution < 1.29 is 4.79 Å². The summed E-state index contributed by atoms with van der Waals surface area (Å²) >= 11 is 1.40. The molecule has 0 radical (unpaired) electrons. The third kappa shape index (κ3) is 3.99. The summed E-state index contributed by atoms with van der Waals surface area (Å²) in [6.45, 7) is 6.88. The van der Waals surface area contributed by atoms with Gasteiger partial charge in [0.1, 0.15) is 0 Å². The first-order valence-electron chi connectivity index (χ1n) is 8.39. The number of thioether (sulfide) groups is 1. The van der Waals surface area contributed by atoms with Gasteiger partial charge in [-0.2, -0.15) is 0 Å². The van der Waals surface area contributed by atoms with Crippen LogP contribution < -0.4 is 0 Å². The van der Waals surface area contributed by atoms with Crippen LogP contribution in [0.2, 0.25) is 0 Å². The van der Waals surface area contributed by atoms with Crippen molar-refractivity contribution in [1.82, 2.24) is 9.88 Å². The Hall–Kier alpha value is -2.40. The molecule has 0 saturated carbocycles. The standard InChI is InChI=1S/C20H21N3OS/c1-4-23-19(24)17(13-15-8-10-16(11-9-15)14(2)3)25-20(23)22-18-7-5-6-12-21-18/h5-14H,4H2,1-3H3/b17-13-,22-20+. The van der Waals surface area contributed by atoms with Crippen LogP contribution in [-0.2, 0) is 4.79 Å². The highest BCUT2D eigenvalue weighted by molar-refractivity contribution is 8.18. The van der Waals surface area contributed by atoms with Gasteiger partial charge in [-0.3, -0.25) is 9.69 Å². The molecule has 0 bridgehead atoms. The maximum Gasteiger partial charge on any atom is 0.266 e. The second kappa shape index (κ2) is 7.66. The lowest BCUT2D eigenvalue weighted by molar-refractivity contribution is -0.122. The fourth-order valence-corrected chi connectivity index (χ4v) is 3.57. The molecule has 4 nitrogen and oxygen atoms in total. The molecule has 0 atom stereocenters. The number of benzene rings is 1. The second-order valence-electron chi connectivity index (χ2n) is 6.06. The van der Waals surface area contributed by atoms with E-state index < -0.39 is 0 Å². The van der Waals surface area contributed by atoms with E-state index in [2.05, 4.69) is 48.1 Å². The Morgan fingerprint density at radius 3 is 2.56 bits per heavy atom. The van der Waals surface area contributed by atoms with Gasteiger partial charge in [0.15, 0.2) is 11.0 Å². The van der Waals surface area contributed by atoms with Crippen molar-refractivity contribution in [2.75, 3.05) is 6.54 Å². The Morgan fingerprint density at radius 2 is 1.96 bits per heavy atom. The number of rotatable bonds is 4. The van der Waals surface area contributed by atoms with Crippen molar-refractivity contribution in [2.45, 2.75) is 26.7 Å². The van der Waals surface area contributed by atoms with E-state index in [1.54, 1.807) is 11.1 Å². The summed E-state index contributed by atoms with van der Waals surface area (Å²) in [7, 11) is 0. The summed E-state index contributed by atoms with van der Waals surface area (Å²) in [4.78, 5) is 23.8. The number of hydrogen-bond donors (Lipinski definition) is 0. The van der Waals surface area contributed by atoms with E-state index in [9.17, 15) is 4.79 Å². The van der Waals surface area contributed by atoms with Crippen LogP contribution in [0.4, 0.5) is 5.82 Å². The molecule has 1 aliphatic rings.